The molecule has 6 nitrogen and oxygen atoms in total. The van der Waals surface area contributed by atoms with Crippen molar-refractivity contribution in [1.29, 1.82) is 0 Å². The Morgan fingerprint density at radius 2 is 1.75 bits per heavy atom. The number of amides is 2. The summed E-state index contributed by atoms with van der Waals surface area (Å²) in [4.78, 5) is 25.0. The second kappa shape index (κ2) is 10.2. The topological polar surface area (TPSA) is 72.4 Å². The molecule has 0 aliphatic rings. The minimum atomic E-state index is -0.457. The van der Waals surface area contributed by atoms with Gasteiger partial charge in [-0.3, -0.25) is 4.79 Å². The van der Waals surface area contributed by atoms with Gasteiger partial charge in [0.2, 0.25) is 0 Å². The number of nitrogens with one attached hydrogen (secondary N) is 2. The first-order valence-electron chi connectivity index (χ1n) is 10.5. The summed E-state index contributed by atoms with van der Waals surface area (Å²) in [6, 6.07) is 22.3. The molecule has 2 aromatic carbocycles. The zero-order valence-corrected chi connectivity index (χ0v) is 18.7. The SMILES string of the molecule is CCOC(=O)CNC(=O)NCc1c(-c2cccs2)n(Cc2ccccc2)c2ccccc12. The maximum absolute atomic E-state index is 12.3. The highest BCUT2D eigenvalue weighted by Crippen LogP contribution is 2.36. The Labute approximate surface area is 190 Å². The smallest absolute Gasteiger partial charge is 0.325 e. The van der Waals surface area contributed by atoms with E-state index in [1.54, 1.807) is 18.3 Å². The zero-order chi connectivity index (χ0) is 22.3. The second-order valence-corrected chi connectivity index (χ2v) is 8.18. The number of carbonyl (C=O) groups excluding carboxylic acids is 2. The lowest BCUT2D eigenvalue weighted by atomic mass is 10.1. The van der Waals surface area contributed by atoms with E-state index in [1.807, 2.05) is 36.4 Å². The Hall–Kier alpha value is -3.58. The first kappa shape index (κ1) is 21.6. The fraction of sp³-hybridized carbons (Fsp3) is 0.200. The highest BCUT2D eigenvalue weighted by Gasteiger charge is 2.20. The van der Waals surface area contributed by atoms with E-state index in [-0.39, 0.29) is 13.2 Å². The van der Waals surface area contributed by atoms with Gasteiger partial charge in [0, 0.05) is 29.6 Å². The molecule has 32 heavy (non-hydrogen) atoms. The number of hydrogen-bond acceptors (Lipinski definition) is 4. The number of ether oxygens (including phenoxy) is 1. The van der Waals surface area contributed by atoms with Crippen LogP contribution >= 0.6 is 11.3 Å². The van der Waals surface area contributed by atoms with Gasteiger partial charge in [0.15, 0.2) is 0 Å². The molecule has 0 saturated heterocycles. The maximum Gasteiger partial charge on any atom is 0.325 e. The normalized spacial score (nSPS) is 10.8. The summed E-state index contributed by atoms with van der Waals surface area (Å²) in [7, 11) is 0. The number of fused-ring (bicyclic) bond motifs is 1. The van der Waals surface area contributed by atoms with Crippen molar-refractivity contribution in [1.82, 2.24) is 15.2 Å². The van der Waals surface area contributed by atoms with Crippen molar-refractivity contribution in [2.75, 3.05) is 13.2 Å². The molecule has 2 amide bonds. The number of esters is 1. The van der Waals surface area contributed by atoms with Crippen LogP contribution in [0.25, 0.3) is 21.5 Å². The summed E-state index contributed by atoms with van der Waals surface area (Å²) in [6.45, 7) is 2.92. The number of nitrogens with zero attached hydrogens (tertiary/aromatic N) is 1. The lowest BCUT2D eigenvalue weighted by Crippen LogP contribution is -2.38. The molecule has 7 heteroatoms. The lowest BCUT2D eigenvalue weighted by Gasteiger charge is -2.12. The maximum atomic E-state index is 12.3. The molecule has 0 saturated carbocycles. The Morgan fingerprint density at radius 1 is 0.969 bits per heavy atom. The summed E-state index contributed by atoms with van der Waals surface area (Å²) in [5.41, 5.74) is 4.46. The Morgan fingerprint density at radius 3 is 2.50 bits per heavy atom. The van der Waals surface area contributed by atoms with Gasteiger partial charge < -0.3 is 19.9 Å². The van der Waals surface area contributed by atoms with Crippen LogP contribution in [0.4, 0.5) is 4.79 Å². The molecule has 2 heterocycles. The van der Waals surface area contributed by atoms with Crippen molar-refractivity contribution in [3.63, 3.8) is 0 Å². The van der Waals surface area contributed by atoms with Gasteiger partial charge in [0.05, 0.1) is 17.2 Å². The summed E-state index contributed by atoms with van der Waals surface area (Å²) in [5, 5.41) is 8.61. The van der Waals surface area contributed by atoms with Crippen molar-refractivity contribution in [3.8, 4) is 10.6 Å². The van der Waals surface area contributed by atoms with Crippen LogP contribution in [0.1, 0.15) is 18.1 Å². The highest BCUT2D eigenvalue weighted by molar-refractivity contribution is 7.13. The Balaban J connectivity index is 1.66. The third-order valence-corrected chi connectivity index (χ3v) is 6.01. The number of rotatable bonds is 8. The predicted molar refractivity (Wildman–Crippen MR) is 128 cm³/mol. The predicted octanol–water partition coefficient (Wildman–Crippen LogP) is 4.78. The van der Waals surface area contributed by atoms with Gasteiger partial charge in [-0.1, -0.05) is 54.6 Å². The van der Waals surface area contributed by atoms with Crippen molar-refractivity contribution in [2.45, 2.75) is 20.0 Å². The van der Waals surface area contributed by atoms with E-state index in [4.69, 9.17) is 4.74 Å². The minimum absolute atomic E-state index is 0.160. The van der Waals surface area contributed by atoms with E-state index < -0.39 is 12.0 Å². The molecular weight excluding hydrogens is 422 g/mol. The van der Waals surface area contributed by atoms with Gasteiger partial charge in [0.25, 0.3) is 0 Å². The molecule has 0 radical (unpaired) electrons. The van der Waals surface area contributed by atoms with Gasteiger partial charge in [-0.05, 0) is 30.0 Å². The Kier molecular flexibility index (Phi) is 6.87. The monoisotopic (exact) mass is 447 g/mol. The highest BCUT2D eigenvalue weighted by atomic mass is 32.1. The van der Waals surface area contributed by atoms with Gasteiger partial charge in [-0.2, -0.15) is 0 Å². The largest absolute Gasteiger partial charge is 0.465 e. The van der Waals surface area contributed by atoms with Gasteiger partial charge in [-0.25, -0.2) is 4.79 Å². The van der Waals surface area contributed by atoms with Gasteiger partial charge in [-0.15, -0.1) is 11.3 Å². The Bertz CT molecular complexity index is 1200. The van der Waals surface area contributed by atoms with E-state index in [2.05, 4.69) is 50.9 Å². The molecule has 0 unspecified atom stereocenters. The van der Waals surface area contributed by atoms with Gasteiger partial charge >= 0.3 is 12.0 Å². The quantitative estimate of drug-likeness (QED) is 0.382. The summed E-state index contributed by atoms with van der Waals surface area (Å²) < 4.78 is 7.17. The third kappa shape index (κ3) is 4.84. The third-order valence-electron chi connectivity index (χ3n) is 5.14. The van der Waals surface area contributed by atoms with Crippen molar-refractivity contribution < 1.29 is 14.3 Å². The molecule has 0 atom stereocenters. The summed E-state index contributed by atoms with van der Waals surface area (Å²) in [6.07, 6.45) is 0. The van der Waals surface area contributed by atoms with Gasteiger partial charge in [0.1, 0.15) is 6.54 Å². The van der Waals surface area contributed by atoms with E-state index in [1.165, 1.54) is 5.56 Å². The number of hydrogen-bond donors (Lipinski definition) is 2. The molecule has 164 valence electrons. The van der Waals surface area contributed by atoms with E-state index in [9.17, 15) is 9.59 Å². The molecule has 0 fully saturated rings. The van der Waals surface area contributed by atoms with Crippen LogP contribution in [0.2, 0.25) is 0 Å². The number of urea groups is 1. The molecule has 0 bridgehead atoms. The van der Waals surface area contributed by atoms with Crippen LogP contribution in [0.3, 0.4) is 0 Å². The summed E-state index contributed by atoms with van der Waals surface area (Å²) in [5.74, 6) is -0.457. The number of aromatic nitrogens is 1. The van der Waals surface area contributed by atoms with Crippen LogP contribution in [-0.4, -0.2) is 29.7 Å². The standard InChI is InChI=1S/C25H25N3O3S/c1-2-31-23(29)16-27-25(30)26-15-20-19-11-6-7-12-21(19)28(17-18-9-4-3-5-10-18)24(20)22-13-8-14-32-22/h3-14H,2,15-17H2,1H3,(H2,26,27,30). The first-order valence-corrected chi connectivity index (χ1v) is 11.4. The molecule has 2 N–H and O–H groups in total. The van der Waals surface area contributed by atoms with E-state index in [0.717, 1.165) is 33.6 Å². The van der Waals surface area contributed by atoms with E-state index >= 15 is 0 Å². The van der Waals surface area contributed by atoms with Crippen LogP contribution in [0.5, 0.6) is 0 Å². The second-order valence-electron chi connectivity index (χ2n) is 7.23. The van der Waals surface area contributed by atoms with Crippen molar-refractivity contribution in [2.24, 2.45) is 0 Å². The first-order chi connectivity index (χ1) is 15.7. The molecule has 2 aromatic heterocycles. The molecular formula is C25H25N3O3S. The number of carbonyl (C=O) groups is 2. The number of thiophene rings is 1. The van der Waals surface area contributed by atoms with Crippen LogP contribution in [0, 0.1) is 0 Å². The van der Waals surface area contributed by atoms with E-state index in [0.29, 0.717) is 6.54 Å². The molecule has 0 spiro atoms. The average molecular weight is 448 g/mol. The molecule has 0 aliphatic heterocycles. The molecule has 4 aromatic rings. The van der Waals surface area contributed by atoms with Crippen LogP contribution < -0.4 is 10.6 Å². The summed E-state index contributed by atoms with van der Waals surface area (Å²) >= 11 is 1.67. The molecule has 4 rings (SSSR count). The van der Waals surface area contributed by atoms with Crippen LogP contribution in [0.15, 0.2) is 72.1 Å². The minimum Gasteiger partial charge on any atom is -0.465 e. The van der Waals surface area contributed by atoms with Crippen molar-refractivity contribution in [3.05, 3.63) is 83.2 Å². The average Bonchev–Trinajstić information content (AvgIpc) is 3.44. The number of para-hydroxylation sites is 1. The number of benzene rings is 2. The fourth-order valence-corrected chi connectivity index (χ4v) is 4.58. The lowest BCUT2D eigenvalue weighted by molar-refractivity contribution is -0.141. The fourth-order valence-electron chi connectivity index (χ4n) is 3.77. The van der Waals surface area contributed by atoms with Crippen molar-refractivity contribution >= 4 is 34.2 Å². The zero-order valence-electron chi connectivity index (χ0n) is 17.8. The molecule has 0 aliphatic carbocycles. The van der Waals surface area contributed by atoms with Crippen LogP contribution in [-0.2, 0) is 22.6 Å².